The quantitative estimate of drug-likeness (QED) is 0.662. The Morgan fingerprint density at radius 3 is 2.67 bits per heavy atom. The first-order valence-electron chi connectivity index (χ1n) is 5.58. The minimum absolute atomic E-state index is 0.260. The summed E-state index contributed by atoms with van der Waals surface area (Å²) in [5.41, 5.74) is -1.41. The molecule has 15 heavy (non-hydrogen) atoms. The molecule has 0 radical (unpaired) electrons. The third-order valence-electron chi connectivity index (χ3n) is 3.00. The zero-order chi connectivity index (χ0) is 11.3. The van der Waals surface area contributed by atoms with Gasteiger partial charge in [-0.2, -0.15) is 0 Å². The number of aliphatic hydroxyl groups is 1. The second kappa shape index (κ2) is 5.47. The van der Waals surface area contributed by atoms with Gasteiger partial charge in [-0.1, -0.05) is 12.8 Å². The van der Waals surface area contributed by atoms with Gasteiger partial charge in [0.2, 0.25) is 0 Å². The number of carbonyl (C=O) groups excluding carboxylic acids is 1. The maximum Gasteiger partial charge on any atom is 0.338 e. The van der Waals surface area contributed by atoms with Crippen LogP contribution in [-0.2, 0) is 9.53 Å². The fourth-order valence-corrected chi connectivity index (χ4v) is 2.03. The Labute approximate surface area is 91.0 Å². The highest BCUT2D eigenvalue weighted by Crippen LogP contribution is 2.23. The average molecular weight is 215 g/mol. The van der Waals surface area contributed by atoms with Crippen LogP contribution in [0.2, 0.25) is 0 Å². The van der Waals surface area contributed by atoms with Gasteiger partial charge in [-0.15, -0.1) is 0 Å². The Hall–Kier alpha value is -0.610. The van der Waals surface area contributed by atoms with Crippen LogP contribution in [0.3, 0.4) is 0 Å². The van der Waals surface area contributed by atoms with Crippen molar-refractivity contribution >= 4 is 5.97 Å². The normalized spacial score (nSPS) is 21.3. The Morgan fingerprint density at radius 1 is 1.53 bits per heavy atom. The smallest absolute Gasteiger partial charge is 0.338 e. The van der Waals surface area contributed by atoms with Crippen LogP contribution < -0.4 is 5.32 Å². The highest BCUT2D eigenvalue weighted by molar-refractivity contribution is 5.78. The summed E-state index contributed by atoms with van der Waals surface area (Å²) in [4.78, 5) is 11.1. The van der Waals surface area contributed by atoms with Crippen LogP contribution in [0.5, 0.6) is 0 Å². The first kappa shape index (κ1) is 12.5. The van der Waals surface area contributed by atoms with Gasteiger partial charge < -0.3 is 15.2 Å². The number of ether oxygens (including phenoxy) is 1. The molecule has 1 unspecified atom stereocenters. The van der Waals surface area contributed by atoms with E-state index in [1.807, 2.05) is 0 Å². The van der Waals surface area contributed by atoms with Crippen molar-refractivity contribution in [2.24, 2.45) is 5.92 Å². The van der Waals surface area contributed by atoms with Gasteiger partial charge in [0.05, 0.1) is 7.11 Å². The molecule has 88 valence electrons. The molecule has 0 saturated heterocycles. The summed E-state index contributed by atoms with van der Waals surface area (Å²) in [6.45, 7) is 2.61. The van der Waals surface area contributed by atoms with E-state index in [1.165, 1.54) is 39.7 Å². The Morgan fingerprint density at radius 2 is 2.13 bits per heavy atom. The number of methoxy groups -OCH3 is 1. The van der Waals surface area contributed by atoms with Gasteiger partial charge >= 0.3 is 5.97 Å². The van der Waals surface area contributed by atoms with Crippen molar-refractivity contribution in [2.45, 2.75) is 38.2 Å². The summed E-state index contributed by atoms with van der Waals surface area (Å²) in [5, 5.41) is 12.9. The van der Waals surface area contributed by atoms with Crippen LogP contribution >= 0.6 is 0 Å². The number of nitrogens with one attached hydrogen (secondary N) is 1. The maximum absolute atomic E-state index is 11.1. The van der Waals surface area contributed by atoms with E-state index in [0.717, 1.165) is 6.54 Å². The van der Waals surface area contributed by atoms with E-state index in [9.17, 15) is 9.90 Å². The fraction of sp³-hybridized carbons (Fsp3) is 0.909. The lowest BCUT2D eigenvalue weighted by Gasteiger charge is -2.21. The van der Waals surface area contributed by atoms with E-state index in [-0.39, 0.29) is 6.54 Å². The van der Waals surface area contributed by atoms with Crippen LogP contribution in [-0.4, -0.2) is 36.9 Å². The van der Waals surface area contributed by atoms with Crippen molar-refractivity contribution in [3.63, 3.8) is 0 Å². The monoisotopic (exact) mass is 215 g/mol. The van der Waals surface area contributed by atoms with Crippen molar-refractivity contribution in [3.05, 3.63) is 0 Å². The Bertz CT molecular complexity index is 210. The average Bonchev–Trinajstić information content (AvgIpc) is 2.69. The Kier molecular flexibility index (Phi) is 4.54. The molecule has 0 aromatic heterocycles. The molecule has 0 amide bonds. The molecule has 1 saturated carbocycles. The minimum atomic E-state index is -1.41. The Balaban J connectivity index is 2.20. The van der Waals surface area contributed by atoms with Crippen LogP contribution in [0, 0.1) is 5.92 Å². The highest BCUT2D eigenvalue weighted by Gasteiger charge is 2.31. The maximum atomic E-state index is 11.1. The molecule has 0 aromatic rings. The minimum Gasteiger partial charge on any atom is -0.467 e. The summed E-state index contributed by atoms with van der Waals surface area (Å²) < 4.78 is 4.51. The zero-order valence-corrected chi connectivity index (χ0v) is 9.58. The van der Waals surface area contributed by atoms with Crippen molar-refractivity contribution in [3.8, 4) is 0 Å². The molecule has 1 fully saturated rings. The van der Waals surface area contributed by atoms with E-state index < -0.39 is 11.6 Å². The summed E-state index contributed by atoms with van der Waals surface area (Å²) in [7, 11) is 1.29. The lowest BCUT2D eigenvalue weighted by atomic mass is 10.1. The van der Waals surface area contributed by atoms with Gasteiger partial charge in [0, 0.05) is 6.54 Å². The molecule has 0 aliphatic heterocycles. The van der Waals surface area contributed by atoms with Gasteiger partial charge in [-0.25, -0.2) is 4.79 Å². The molecule has 0 heterocycles. The predicted octanol–water partition coefficient (Wildman–Crippen LogP) is 0.690. The molecular weight excluding hydrogens is 194 g/mol. The van der Waals surface area contributed by atoms with Gasteiger partial charge in [0.1, 0.15) is 0 Å². The van der Waals surface area contributed by atoms with Gasteiger partial charge in [0.25, 0.3) is 0 Å². The van der Waals surface area contributed by atoms with Gasteiger partial charge in [0.15, 0.2) is 5.60 Å². The third kappa shape index (κ3) is 3.80. The van der Waals surface area contributed by atoms with Crippen LogP contribution in [0.1, 0.15) is 32.6 Å². The topological polar surface area (TPSA) is 58.6 Å². The molecule has 1 aliphatic carbocycles. The molecule has 2 N–H and O–H groups in total. The molecule has 4 heteroatoms. The number of hydrogen-bond acceptors (Lipinski definition) is 4. The zero-order valence-electron chi connectivity index (χ0n) is 9.58. The van der Waals surface area contributed by atoms with Gasteiger partial charge in [-0.05, 0) is 32.2 Å². The van der Waals surface area contributed by atoms with Crippen LogP contribution in [0.25, 0.3) is 0 Å². The highest BCUT2D eigenvalue weighted by atomic mass is 16.5. The number of hydrogen-bond donors (Lipinski definition) is 2. The summed E-state index contributed by atoms with van der Waals surface area (Å²) in [5.74, 6) is 0.125. The third-order valence-corrected chi connectivity index (χ3v) is 3.00. The predicted molar refractivity (Wildman–Crippen MR) is 57.5 cm³/mol. The summed E-state index contributed by atoms with van der Waals surface area (Å²) in [6.07, 6.45) is 5.13. The van der Waals surface area contributed by atoms with E-state index in [4.69, 9.17) is 0 Å². The lowest BCUT2D eigenvalue weighted by molar-refractivity contribution is -0.159. The summed E-state index contributed by atoms with van der Waals surface area (Å²) in [6, 6.07) is 0. The molecule has 0 spiro atoms. The molecule has 0 bridgehead atoms. The van der Waals surface area contributed by atoms with Gasteiger partial charge in [-0.3, -0.25) is 0 Å². The summed E-state index contributed by atoms with van der Waals surface area (Å²) >= 11 is 0. The van der Waals surface area contributed by atoms with Crippen LogP contribution in [0.4, 0.5) is 0 Å². The number of carbonyl (C=O) groups is 1. The van der Waals surface area contributed by atoms with Crippen molar-refractivity contribution < 1.29 is 14.6 Å². The molecule has 0 aromatic carbocycles. The number of rotatable bonds is 5. The SMILES string of the molecule is COC(=O)C(C)(O)CNCC1CCCC1. The first-order chi connectivity index (χ1) is 7.06. The van der Waals surface area contributed by atoms with E-state index >= 15 is 0 Å². The standard InChI is InChI=1S/C11H21NO3/c1-11(14,10(13)15-2)8-12-7-9-5-3-4-6-9/h9,12,14H,3-8H2,1-2H3. The van der Waals surface area contributed by atoms with Crippen molar-refractivity contribution in [2.75, 3.05) is 20.2 Å². The second-order valence-corrected chi connectivity index (χ2v) is 4.55. The van der Waals surface area contributed by atoms with E-state index in [2.05, 4.69) is 10.1 Å². The molecule has 4 nitrogen and oxygen atoms in total. The van der Waals surface area contributed by atoms with Crippen molar-refractivity contribution in [1.29, 1.82) is 0 Å². The molecule has 1 rings (SSSR count). The second-order valence-electron chi connectivity index (χ2n) is 4.55. The van der Waals surface area contributed by atoms with E-state index in [0.29, 0.717) is 5.92 Å². The molecule has 1 atom stereocenters. The fourth-order valence-electron chi connectivity index (χ4n) is 2.03. The molecule has 1 aliphatic rings. The number of esters is 1. The van der Waals surface area contributed by atoms with Crippen LogP contribution in [0.15, 0.2) is 0 Å². The van der Waals surface area contributed by atoms with Crippen molar-refractivity contribution in [1.82, 2.24) is 5.32 Å². The largest absolute Gasteiger partial charge is 0.467 e. The lowest BCUT2D eigenvalue weighted by Crippen LogP contribution is -2.46. The van der Waals surface area contributed by atoms with E-state index in [1.54, 1.807) is 0 Å². The first-order valence-corrected chi connectivity index (χ1v) is 5.58. The molecular formula is C11H21NO3.